The zero-order chi connectivity index (χ0) is 12.3. The highest BCUT2D eigenvalue weighted by atomic mass is 32.2. The van der Waals surface area contributed by atoms with E-state index in [0.29, 0.717) is 17.4 Å². The number of nitrogens with one attached hydrogen (secondary N) is 2. The zero-order valence-electron chi connectivity index (χ0n) is 9.94. The fraction of sp³-hybridized carbons (Fsp3) is 0.500. The summed E-state index contributed by atoms with van der Waals surface area (Å²) in [5.41, 5.74) is 0.954. The van der Waals surface area contributed by atoms with E-state index < -0.39 is 10.0 Å². The molecule has 1 aromatic rings. The molecule has 17 heavy (non-hydrogen) atoms. The van der Waals surface area contributed by atoms with Crippen molar-refractivity contribution in [2.24, 2.45) is 5.92 Å². The van der Waals surface area contributed by atoms with Crippen molar-refractivity contribution >= 4 is 10.0 Å². The maximum absolute atomic E-state index is 12.0. The Bertz CT molecular complexity index is 479. The molecule has 1 fully saturated rings. The zero-order valence-corrected chi connectivity index (χ0v) is 10.8. The summed E-state index contributed by atoms with van der Waals surface area (Å²) in [5, 5.41) is 3.22. The van der Waals surface area contributed by atoms with Crippen LogP contribution in [0.1, 0.15) is 12.0 Å². The monoisotopic (exact) mass is 254 g/mol. The molecule has 0 aromatic heterocycles. The van der Waals surface area contributed by atoms with Gasteiger partial charge in [0.25, 0.3) is 0 Å². The van der Waals surface area contributed by atoms with Crippen molar-refractivity contribution in [1.82, 2.24) is 10.0 Å². The van der Waals surface area contributed by atoms with Gasteiger partial charge in [-0.15, -0.1) is 0 Å². The van der Waals surface area contributed by atoms with Crippen LogP contribution < -0.4 is 10.0 Å². The van der Waals surface area contributed by atoms with Crippen molar-refractivity contribution in [2.45, 2.75) is 18.2 Å². The van der Waals surface area contributed by atoms with E-state index in [1.807, 2.05) is 13.0 Å². The van der Waals surface area contributed by atoms with Gasteiger partial charge < -0.3 is 5.32 Å². The molecule has 0 radical (unpaired) electrons. The van der Waals surface area contributed by atoms with E-state index in [0.717, 1.165) is 25.1 Å². The summed E-state index contributed by atoms with van der Waals surface area (Å²) in [6.45, 7) is 4.29. The molecule has 1 aromatic carbocycles. The molecule has 1 saturated heterocycles. The third kappa shape index (κ3) is 3.28. The topological polar surface area (TPSA) is 58.2 Å². The van der Waals surface area contributed by atoms with E-state index in [4.69, 9.17) is 0 Å². The Morgan fingerprint density at radius 2 is 2.29 bits per heavy atom. The Kier molecular flexibility index (Phi) is 3.81. The lowest BCUT2D eigenvalue weighted by atomic mass is 10.1. The minimum absolute atomic E-state index is 0.350. The summed E-state index contributed by atoms with van der Waals surface area (Å²) < 4.78 is 26.7. The molecule has 2 rings (SSSR count). The molecule has 2 N–H and O–H groups in total. The molecule has 1 atom stereocenters. The Balaban J connectivity index is 2.03. The number of sulfonamides is 1. The van der Waals surface area contributed by atoms with Crippen LogP contribution in [0.3, 0.4) is 0 Å². The number of hydrogen-bond acceptors (Lipinski definition) is 3. The first-order valence-electron chi connectivity index (χ1n) is 5.85. The van der Waals surface area contributed by atoms with Crippen LogP contribution in [0.25, 0.3) is 0 Å². The van der Waals surface area contributed by atoms with Crippen molar-refractivity contribution in [3.63, 3.8) is 0 Å². The van der Waals surface area contributed by atoms with Crippen LogP contribution in [-0.4, -0.2) is 28.1 Å². The molecule has 5 heteroatoms. The maximum Gasteiger partial charge on any atom is 0.240 e. The molecule has 0 amide bonds. The van der Waals surface area contributed by atoms with E-state index in [-0.39, 0.29) is 0 Å². The molecule has 0 spiro atoms. The Morgan fingerprint density at radius 1 is 1.47 bits per heavy atom. The van der Waals surface area contributed by atoms with Crippen LogP contribution in [0.4, 0.5) is 0 Å². The minimum Gasteiger partial charge on any atom is -0.316 e. The minimum atomic E-state index is -3.35. The third-order valence-electron chi connectivity index (χ3n) is 3.02. The third-order valence-corrected chi connectivity index (χ3v) is 4.45. The van der Waals surface area contributed by atoms with Gasteiger partial charge in [0.15, 0.2) is 0 Å². The number of aryl methyl sites for hydroxylation is 1. The van der Waals surface area contributed by atoms with Crippen molar-refractivity contribution in [2.75, 3.05) is 19.6 Å². The number of rotatable bonds is 4. The van der Waals surface area contributed by atoms with Gasteiger partial charge in [-0.1, -0.05) is 12.1 Å². The summed E-state index contributed by atoms with van der Waals surface area (Å²) in [6.07, 6.45) is 1.04. The molecule has 0 bridgehead atoms. The number of hydrogen-bond donors (Lipinski definition) is 2. The SMILES string of the molecule is Cc1cccc(S(=O)(=O)NCC2CCNC2)c1. The predicted molar refractivity (Wildman–Crippen MR) is 67.3 cm³/mol. The summed E-state index contributed by atoms with van der Waals surface area (Å²) in [7, 11) is -3.35. The quantitative estimate of drug-likeness (QED) is 0.838. The van der Waals surface area contributed by atoms with Gasteiger partial charge in [-0.2, -0.15) is 0 Å². The lowest BCUT2D eigenvalue weighted by Gasteiger charge is -2.11. The van der Waals surface area contributed by atoms with Gasteiger partial charge in [-0.3, -0.25) is 0 Å². The summed E-state index contributed by atoms with van der Waals surface area (Å²) in [6, 6.07) is 6.97. The first-order chi connectivity index (χ1) is 8.08. The maximum atomic E-state index is 12.0. The second-order valence-corrected chi connectivity index (χ2v) is 6.29. The standard InChI is InChI=1S/C12H18N2O2S/c1-10-3-2-4-12(7-10)17(15,16)14-9-11-5-6-13-8-11/h2-4,7,11,13-14H,5-6,8-9H2,1H3. The van der Waals surface area contributed by atoms with E-state index in [9.17, 15) is 8.42 Å². The van der Waals surface area contributed by atoms with Crippen LogP contribution in [0.2, 0.25) is 0 Å². The molecule has 0 saturated carbocycles. The van der Waals surface area contributed by atoms with Crippen LogP contribution in [0.5, 0.6) is 0 Å². The predicted octanol–water partition coefficient (Wildman–Crippen LogP) is 0.883. The summed E-state index contributed by atoms with van der Waals surface area (Å²) in [5.74, 6) is 0.412. The van der Waals surface area contributed by atoms with Crippen molar-refractivity contribution in [1.29, 1.82) is 0 Å². The molecule has 1 unspecified atom stereocenters. The Morgan fingerprint density at radius 3 is 2.94 bits per heavy atom. The fourth-order valence-electron chi connectivity index (χ4n) is 1.98. The second kappa shape index (κ2) is 5.16. The van der Waals surface area contributed by atoms with E-state index >= 15 is 0 Å². The van der Waals surface area contributed by atoms with Gasteiger partial charge in [-0.25, -0.2) is 13.1 Å². The van der Waals surface area contributed by atoms with E-state index in [1.54, 1.807) is 18.2 Å². The molecule has 94 valence electrons. The lowest BCUT2D eigenvalue weighted by Crippen LogP contribution is -2.30. The van der Waals surface area contributed by atoms with Crippen LogP contribution >= 0.6 is 0 Å². The van der Waals surface area contributed by atoms with Crippen LogP contribution in [0, 0.1) is 12.8 Å². The van der Waals surface area contributed by atoms with E-state index in [1.165, 1.54) is 0 Å². The summed E-state index contributed by atoms with van der Waals surface area (Å²) >= 11 is 0. The molecular formula is C12H18N2O2S. The molecular weight excluding hydrogens is 236 g/mol. The molecule has 1 aliphatic rings. The van der Waals surface area contributed by atoms with Gasteiger partial charge >= 0.3 is 0 Å². The van der Waals surface area contributed by atoms with Gasteiger partial charge in [0.2, 0.25) is 10.0 Å². The van der Waals surface area contributed by atoms with Gasteiger partial charge in [-0.05, 0) is 50.0 Å². The van der Waals surface area contributed by atoms with Gasteiger partial charge in [0.05, 0.1) is 4.90 Å². The van der Waals surface area contributed by atoms with Crippen molar-refractivity contribution in [3.05, 3.63) is 29.8 Å². The highest BCUT2D eigenvalue weighted by Crippen LogP contribution is 2.12. The Labute approximate surface area is 102 Å². The number of benzene rings is 1. The van der Waals surface area contributed by atoms with Crippen molar-refractivity contribution in [3.8, 4) is 0 Å². The second-order valence-electron chi connectivity index (χ2n) is 4.53. The molecule has 1 heterocycles. The van der Waals surface area contributed by atoms with Crippen molar-refractivity contribution < 1.29 is 8.42 Å². The van der Waals surface area contributed by atoms with Gasteiger partial charge in [0, 0.05) is 6.54 Å². The van der Waals surface area contributed by atoms with E-state index in [2.05, 4.69) is 10.0 Å². The molecule has 4 nitrogen and oxygen atoms in total. The van der Waals surface area contributed by atoms with Crippen LogP contribution in [-0.2, 0) is 10.0 Å². The average molecular weight is 254 g/mol. The smallest absolute Gasteiger partial charge is 0.240 e. The first kappa shape index (κ1) is 12.5. The highest BCUT2D eigenvalue weighted by molar-refractivity contribution is 7.89. The normalized spacial score (nSPS) is 20.6. The lowest BCUT2D eigenvalue weighted by molar-refractivity contribution is 0.538. The molecule has 0 aliphatic carbocycles. The Hall–Kier alpha value is -0.910. The fourth-order valence-corrected chi connectivity index (χ4v) is 3.20. The largest absolute Gasteiger partial charge is 0.316 e. The highest BCUT2D eigenvalue weighted by Gasteiger charge is 2.19. The average Bonchev–Trinajstić information content (AvgIpc) is 2.79. The summed E-state index contributed by atoms with van der Waals surface area (Å²) in [4.78, 5) is 0.350. The first-order valence-corrected chi connectivity index (χ1v) is 7.33. The molecule has 1 aliphatic heterocycles. The van der Waals surface area contributed by atoms with Crippen LogP contribution in [0.15, 0.2) is 29.2 Å². The van der Waals surface area contributed by atoms with Gasteiger partial charge in [0.1, 0.15) is 0 Å².